The van der Waals surface area contributed by atoms with Crippen LogP contribution in [0.15, 0.2) is 59.1 Å². The van der Waals surface area contributed by atoms with Gasteiger partial charge in [-0.25, -0.2) is 0 Å². The molecule has 5 rings (SSSR count). The van der Waals surface area contributed by atoms with Crippen LogP contribution >= 0.6 is 0 Å². The monoisotopic (exact) mass is 472 g/mol. The van der Waals surface area contributed by atoms with E-state index in [9.17, 15) is 4.79 Å². The number of piperidine rings is 1. The number of carbonyl (C=O) groups is 1. The van der Waals surface area contributed by atoms with Crippen molar-refractivity contribution in [3.8, 4) is 0 Å². The highest BCUT2D eigenvalue weighted by Gasteiger charge is 2.29. The lowest BCUT2D eigenvalue weighted by Gasteiger charge is -2.32. The van der Waals surface area contributed by atoms with Crippen LogP contribution in [-0.4, -0.2) is 40.6 Å². The van der Waals surface area contributed by atoms with E-state index in [1.807, 2.05) is 6.07 Å². The molecule has 6 nitrogen and oxygen atoms in total. The first-order valence-corrected chi connectivity index (χ1v) is 13.1. The summed E-state index contributed by atoms with van der Waals surface area (Å²) in [5.41, 5.74) is 3.65. The Hall–Kier alpha value is -2.99. The molecule has 1 amide bonds. The van der Waals surface area contributed by atoms with Gasteiger partial charge in [0.15, 0.2) is 5.82 Å². The van der Waals surface area contributed by atoms with E-state index in [1.54, 1.807) is 0 Å². The van der Waals surface area contributed by atoms with Gasteiger partial charge in [0.2, 0.25) is 11.8 Å². The molecule has 2 fully saturated rings. The number of amides is 1. The molecule has 0 bridgehead atoms. The van der Waals surface area contributed by atoms with Crippen molar-refractivity contribution in [2.45, 2.75) is 63.8 Å². The van der Waals surface area contributed by atoms with Gasteiger partial charge in [0.25, 0.3) is 0 Å². The summed E-state index contributed by atoms with van der Waals surface area (Å²) in [6, 6.07) is 19.0. The van der Waals surface area contributed by atoms with E-state index in [0.717, 1.165) is 63.5 Å². The fourth-order valence-electron chi connectivity index (χ4n) is 5.08. The molecule has 35 heavy (non-hydrogen) atoms. The molecule has 1 saturated carbocycles. The van der Waals surface area contributed by atoms with Gasteiger partial charge >= 0.3 is 0 Å². The van der Waals surface area contributed by atoms with Crippen LogP contribution in [0.4, 0.5) is 0 Å². The number of hydrogen-bond donors (Lipinski definition) is 1. The van der Waals surface area contributed by atoms with Gasteiger partial charge in [-0.05, 0) is 63.2 Å². The highest BCUT2D eigenvalue weighted by atomic mass is 16.5. The summed E-state index contributed by atoms with van der Waals surface area (Å²) in [5.74, 6) is 2.30. The van der Waals surface area contributed by atoms with E-state index in [4.69, 9.17) is 9.51 Å². The van der Waals surface area contributed by atoms with E-state index in [0.29, 0.717) is 12.3 Å². The zero-order chi connectivity index (χ0) is 24.0. The number of hydrogen-bond acceptors (Lipinski definition) is 5. The normalized spacial score (nSPS) is 18.2. The Morgan fingerprint density at radius 3 is 2.49 bits per heavy atom. The molecule has 0 radical (unpaired) electrons. The minimum absolute atomic E-state index is 0.0716. The summed E-state index contributed by atoms with van der Waals surface area (Å²) in [6.45, 7) is 5.09. The standard InChI is InChI=1S/C29H36N4O2/c1-21-10-12-22(13-11-21)20-27-31-29(35-32-27)25-14-17-33(18-15-25)19-16-26(23-6-3-2-4-7-23)30-28(34)24-8-5-9-24/h2-4,6-7,10-13,24-26H,5,8-9,14-20H2,1H3,(H,30,34). The Morgan fingerprint density at radius 2 is 1.80 bits per heavy atom. The molecule has 1 atom stereocenters. The summed E-state index contributed by atoms with van der Waals surface area (Å²) in [6.07, 6.45) is 6.92. The number of nitrogens with one attached hydrogen (secondary N) is 1. The number of benzene rings is 2. The number of rotatable bonds is 9. The third kappa shape index (κ3) is 6.17. The van der Waals surface area contributed by atoms with Gasteiger partial charge in [0.1, 0.15) is 0 Å². The van der Waals surface area contributed by atoms with Crippen LogP contribution in [0.2, 0.25) is 0 Å². The van der Waals surface area contributed by atoms with E-state index in [2.05, 4.69) is 70.8 Å². The van der Waals surface area contributed by atoms with Crippen molar-refractivity contribution < 1.29 is 9.32 Å². The van der Waals surface area contributed by atoms with Gasteiger partial charge in [-0.2, -0.15) is 4.98 Å². The van der Waals surface area contributed by atoms with Crippen LogP contribution in [-0.2, 0) is 11.2 Å². The van der Waals surface area contributed by atoms with Crippen LogP contribution < -0.4 is 5.32 Å². The first kappa shape index (κ1) is 23.7. The zero-order valence-corrected chi connectivity index (χ0v) is 20.7. The molecule has 2 heterocycles. The zero-order valence-electron chi connectivity index (χ0n) is 20.7. The lowest BCUT2D eigenvalue weighted by Crippen LogP contribution is -2.39. The maximum Gasteiger partial charge on any atom is 0.229 e. The third-order valence-electron chi connectivity index (χ3n) is 7.63. The van der Waals surface area contributed by atoms with Crippen LogP contribution in [0.5, 0.6) is 0 Å². The maximum absolute atomic E-state index is 12.6. The number of aromatic nitrogens is 2. The lowest BCUT2D eigenvalue weighted by molar-refractivity contribution is -0.128. The molecular formula is C29H36N4O2. The highest BCUT2D eigenvalue weighted by Crippen LogP contribution is 2.30. The van der Waals surface area contributed by atoms with Crippen molar-refractivity contribution in [2.24, 2.45) is 5.92 Å². The Labute approximate surface area is 208 Å². The number of carbonyl (C=O) groups excluding carboxylic acids is 1. The third-order valence-corrected chi connectivity index (χ3v) is 7.63. The van der Waals surface area contributed by atoms with Crippen molar-refractivity contribution in [1.29, 1.82) is 0 Å². The highest BCUT2D eigenvalue weighted by molar-refractivity contribution is 5.79. The summed E-state index contributed by atoms with van der Waals surface area (Å²) in [7, 11) is 0. The van der Waals surface area contributed by atoms with Crippen LogP contribution in [0.3, 0.4) is 0 Å². The molecule has 3 aromatic rings. The maximum atomic E-state index is 12.6. The van der Waals surface area contributed by atoms with Gasteiger partial charge in [-0.1, -0.05) is 71.7 Å². The second kappa shape index (κ2) is 11.2. The molecule has 6 heteroatoms. The largest absolute Gasteiger partial charge is 0.349 e. The van der Waals surface area contributed by atoms with Crippen molar-refractivity contribution in [3.63, 3.8) is 0 Å². The van der Waals surface area contributed by atoms with Crippen molar-refractivity contribution in [3.05, 3.63) is 83.0 Å². The average Bonchev–Trinajstić information content (AvgIpc) is 3.31. The summed E-state index contributed by atoms with van der Waals surface area (Å²) >= 11 is 0. The second-order valence-electron chi connectivity index (χ2n) is 10.2. The summed E-state index contributed by atoms with van der Waals surface area (Å²) < 4.78 is 5.65. The number of likely N-dealkylation sites (tertiary alicyclic amines) is 1. The molecule has 2 aromatic carbocycles. The van der Waals surface area contributed by atoms with Crippen LogP contribution in [0.1, 0.15) is 78.9 Å². The fourth-order valence-corrected chi connectivity index (χ4v) is 5.08. The second-order valence-corrected chi connectivity index (χ2v) is 10.2. The first-order valence-electron chi connectivity index (χ1n) is 13.1. The molecular weight excluding hydrogens is 436 g/mol. The molecule has 1 aliphatic carbocycles. The molecule has 1 saturated heterocycles. The molecule has 1 unspecified atom stereocenters. The molecule has 0 spiro atoms. The molecule has 2 aliphatic rings. The van der Waals surface area contributed by atoms with Crippen molar-refractivity contribution in [1.82, 2.24) is 20.4 Å². The first-order chi connectivity index (χ1) is 17.1. The molecule has 1 aliphatic heterocycles. The average molecular weight is 473 g/mol. The lowest BCUT2D eigenvalue weighted by atomic mass is 9.84. The van der Waals surface area contributed by atoms with E-state index in [-0.39, 0.29) is 17.9 Å². The van der Waals surface area contributed by atoms with Gasteiger partial charge < -0.3 is 14.7 Å². The summed E-state index contributed by atoms with van der Waals surface area (Å²) in [4.78, 5) is 19.9. The van der Waals surface area contributed by atoms with Crippen molar-refractivity contribution >= 4 is 5.91 Å². The topological polar surface area (TPSA) is 71.3 Å². The minimum atomic E-state index is 0.0716. The Kier molecular flexibility index (Phi) is 7.57. The minimum Gasteiger partial charge on any atom is -0.349 e. The van der Waals surface area contributed by atoms with E-state index >= 15 is 0 Å². The SMILES string of the molecule is Cc1ccc(Cc2noc(C3CCN(CCC(NC(=O)C4CCC4)c4ccccc4)CC3)n2)cc1. The van der Waals surface area contributed by atoms with Crippen LogP contribution in [0.25, 0.3) is 0 Å². The quantitative estimate of drug-likeness (QED) is 0.464. The fraction of sp³-hybridized carbons (Fsp3) is 0.483. The molecule has 1 N–H and O–H groups in total. The van der Waals surface area contributed by atoms with Gasteiger partial charge in [-0.15, -0.1) is 0 Å². The predicted octanol–water partition coefficient (Wildman–Crippen LogP) is 5.20. The Morgan fingerprint density at radius 1 is 1.06 bits per heavy atom. The van der Waals surface area contributed by atoms with Gasteiger partial charge in [-0.3, -0.25) is 4.79 Å². The van der Waals surface area contributed by atoms with Gasteiger partial charge in [0.05, 0.1) is 6.04 Å². The Bertz CT molecular complexity index is 1080. The smallest absolute Gasteiger partial charge is 0.229 e. The predicted molar refractivity (Wildman–Crippen MR) is 136 cm³/mol. The number of nitrogens with zero attached hydrogens (tertiary/aromatic N) is 3. The summed E-state index contributed by atoms with van der Waals surface area (Å²) in [5, 5.41) is 7.57. The Balaban J connectivity index is 1.12. The van der Waals surface area contributed by atoms with E-state index < -0.39 is 0 Å². The van der Waals surface area contributed by atoms with Gasteiger partial charge in [0, 0.05) is 24.8 Å². The molecule has 184 valence electrons. The molecule has 1 aromatic heterocycles. The van der Waals surface area contributed by atoms with E-state index in [1.165, 1.54) is 23.1 Å². The number of aryl methyl sites for hydroxylation is 1. The van der Waals surface area contributed by atoms with Crippen molar-refractivity contribution in [2.75, 3.05) is 19.6 Å². The van der Waals surface area contributed by atoms with Crippen LogP contribution in [0, 0.1) is 12.8 Å².